The zero-order valence-corrected chi connectivity index (χ0v) is 22.8. The summed E-state index contributed by atoms with van der Waals surface area (Å²) < 4.78 is 46.6. The van der Waals surface area contributed by atoms with Crippen LogP contribution in [-0.4, -0.2) is 45.1 Å². The van der Waals surface area contributed by atoms with Crippen LogP contribution in [0.25, 0.3) is 16.3 Å². The van der Waals surface area contributed by atoms with Gasteiger partial charge in [0.1, 0.15) is 5.69 Å². The summed E-state index contributed by atoms with van der Waals surface area (Å²) in [4.78, 5) is 29.2. The van der Waals surface area contributed by atoms with Gasteiger partial charge in [-0.3, -0.25) is 10.1 Å². The number of benzene rings is 2. The van der Waals surface area contributed by atoms with Crippen molar-refractivity contribution >= 4 is 34.2 Å². The molecule has 0 fully saturated rings. The topological polar surface area (TPSA) is 123 Å². The molecule has 0 saturated heterocycles. The summed E-state index contributed by atoms with van der Waals surface area (Å²) in [6.07, 6.45) is -2.05. The summed E-state index contributed by atoms with van der Waals surface area (Å²) in [5, 5.41) is 16.8. The first-order chi connectivity index (χ1) is 18.9. The summed E-state index contributed by atoms with van der Waals surface area (Å²) in [7, 11) is 1.24. The lowest BCUT2D eigenvalue weighted by Gasteiger charge is -2.15. The van der Waals surface area contributed by atoms with Crippen LogP contribution in [0.4, 0.5) is 28.8 Å². The number of rotatable bonds is 8. The first-order valence-corrected chi connectivity index (χ1v) is 12.8. The Labute approximate surface area is 231 Å². The summed E-state index contributed by atoms with van der Waals surface area (Å²) in [6, 6.07) is 8.43. The number of thiazole rings is 1. The lowest BCUT2D eigenvalue weighted by atomic mass is 10.1. The Hall–Kier alpha value is -4.30. The minimum absolute atomic E-state index is 0.0344. The minimum Gasteiger partial charge on any atom is -0.453 e. The molecule has 40 heavy (non-hydrogen) atoms. The molecule has 2 aromatic carbocycles. The van der Waals surface area contributed by atoms with Crippen LogP contribution < -0.4 is 16.0 Å². The fourth-order valence-corrected chi connectivity index (χ4v) is 4.39. The average molecular weight is 574 g/mol. The van der Waals surface area contributed by atoms with Gasteiger partial charge in [-0.15, -0.1) is 5.10 Å². The molecule has 0 saturated carbocycles. The molecule has 0 unspecified atom stereocenters. The Morgan fingerprint density at radius 3 is 2.60 bits per heavy atom. The van der Waals surface area contributed by atoms with Gasteiger partial charge >= 0.3 is 12.3 Å². The minimum atomic E-state index is -4.57. The lowest BCUT2D eigenvalue weighted by molar-refractivity contribution is -0.137. The summed E-state index contributed by atoms with van der Waals surface area (Å²) >= 11 is 1.17. The van der Waals surface area contributed by atoms with Crippen LogP contribution in [0.3, 0.4) is 0 Å². The van der Waals surface area contributed by atoms with Gasteiger partial charge in [-0.2, -0.15) is 13.2 Å². The summed E-state index contributed by atoms with van der Waals surface area (Å²) in [5.41, 5.74) is 1.62. The van der Waals surface area contributed by atoms with Crippen LogP contribution in [-0.2, 0) is 17.5 Å². The van der Waals surface area contributed by atoms with E-state index < -0.39 is 23.7 Å². The molecule has 3 N–H and O–H groups in total. The zero-order chi connectivity index (χ0) is 29.0. The highest BCUT2D eigenvalue weighted by atomic mass is 32.1. The molecular weight excluding hydrogens is 547 g/mol. The second-order valence-corrected chi connectivity index (χ2v) is 10.1. The molecule has 0 aliphatic heterocycles. The molecule has 2 amide bonds. The van der Waals surface area contributed by atoms with Crippen LogP contribution in [0, 0.1) is 6.92 Å². The fourth-order valence-electron chi connectivity index (χ4n) is 3.64. The molecule has 2 aromatic heterocycles. The monoisotopic (exact) mass is 573 g/mol. The molecule has 0 aliphatic carbocycles. The maximum absolute atomic E-state index is 13.5. The second kappa shape index (κ2) is 11.8. The number of aromatic nitrogens is 4. The number of ether oxygens (including phenoxy) is 1. The Balaban J connectivity index is 1.56. The van der Waals surface area contributed by atoms with Crippen molar-refractivity contribution in [1.82, 2.24) is 25.3 Å². The molecule has 0 atom stereocenters. The number of amides is 2. The van der Waals surface area contributed by atoms with Gasteiger partial charge in [0.2, 0.25) is 0 Å². The lowest BCUT2D eigenvalue weighted by Crippen LogP contribution is -2.22. The van der Waals surface area contributed by atoms with E-state index in [0.717, 1.165) is 17.7 Å². The fraction of sp³-hybridized carbons (Fsp3) is 0.269. The number of nitrogens with zero attached hydrogens (tertiary/aromatic N) is 4. The Morgan fingerprint density at radius 1 is 1.12 bits per heavy atom. The third kappa shape index (κ3) is 7.01. The van der Waals surface area contributed by atoms with E-state index in [9.17, 15) is 22.8 Å². The van der Waals surface area contributed by atoms with Crippen LogP contribution in [0.2, 0.25) is 0 Å². The maximum atomic E-state index is 13.5. The third-order valence-corrected chi connectivity index (χ3v) is 6.59. The molecule has 0 radical (unpaired) electrons. The number of nitrogens with one attached hydrogen (secondary N) is 3. The van der Waals surface area contributed by atoms with E-state index in [2.05, 4.69) is 36.0 Å². The Bertz CT molecular complexity index is 1530. The van der Waals surface area contributed by atoms with Gasteiger partial charge in [0.25, 0.3) is 5.91 Å². The van der Waals surface area contributed by atoms with E-state index in [0.29, 0.717) is 27.0 Å². The van der Waals surface area contributed by atoms with Crippen molar-refractivity contribution in [2.45, 2.75) is 39.5 Å². The molecule has 2 heterocycles. The van der Waals surface area contributed by atoms with Crippen molar-refractivity contribution in [2.24, 2.45) is 0 Å². The first kappa shape index (κ1) is 28.7. The molecule has 0 aliphatic rings. The van der Waals surface area contributed by atoms with Crippen molar-refractivity contribution in [1.29, 1.82) is 0 Å². The predicted molar refractivity (Wildman–Crippen MR) is 145 cm³/mol. The average Bonchev–Trinajstić information content (AvgIpc) is 3.57. The Morgan fingerprint density at radius 2 is 1.90 bits per heavy atom. The van der Waals surface area contributed by atoms with Crippen molar-refractivity contribution in [2.75, 3.05) is 17.7 Å². The van der Waals surface area contributed by atoms with E-state index >= 15 is 0 Å². The van der Waals surface area contributed by atoms with E-state index in [-0.39, 0.29) is 23.8 Å². The van der Waals surface area contributed by atoms with Gasteiger partial charge in [-0.05, 0) is 48.4 Å². The van der Waals surface area contributed by atoms with Crippen LogP contribution in [0.1, 0.15) is 40.9 Å². The number of hydrogen-bond acceptors (Lipinski definition) is 8. The molecule has 4 rings (SSSR count). The van der Waals surface area contributed by atoms with Crippen molar-refractivity contribution in [3.63, 3.8) is 0 Å². The molecule has 14 heteroatoms. The summed E-state index contributed by atoms with van der Waals surface area (Å²) in [6.45, 7) is 5.82. The molecular formula is C26H26F3N7O3S. The number of methoxy groups -OCH3 is 1. The van der Waals surface area contributed by atoms with Crippen molar-refractivity contribution in [3.05, 3.63) is 71.0 Å². The molecule has 4 aromatic rings. The molecule has 0 spiro atoms. The number of hydrogen-bond donors (Lipinski definition) is 3. The first-order valence-electron chi connectivity index (χ1n) is 12.0. The van der Waals surface area contributed by atoms with Crippen LogP contribution in [0.5, 0.6) is 0 Å². The number of halogens is 3. The highest BCUT2D eigenvalue weighted by Crippen LogP contribution is 2.32. The number of alkyl halides is 3. The van der Waals surface area contributed by atoms with Gasteiger partial charge < -0.3 is 15.4 Å². The van der Waals surface area contributed by atoms with Crippen molar-refractivity contribution in [3.8, 4) is 16.3 Å². The van der Waals surface area contributed by atoms with Gasteiger partial charge in [-0.25, -0.2) is 14.5 Å². The number of carbonyl (C=O) groups excluding carboxylic acids is 2. The van der Waals surface area contributed by atoms with Gasteiger partial charge in [0, 0.05) is 30.0 Å². The largest absolute Gasteiger partial charge is 0.453 e. The highest BCUT2D eigenvalue weighted by molar-refractivity contribution is 7.19. The number of anilines is 2. The van der Waals surface area contributed by atoms with E-state index in [1.165, 1.54) is 35.4 Å². The SMILES string of the molecule is COC(=O)Nc1ncc(-c2cn(-c3cc(C(=O)Nc4cc(CNC(C)C)cc(C(F)(F)F)c4)ccc3C)nn2)s1. The second-order valence-electron chi connectivity index (χ2n) is 9.10. The molecule has 10 nitrogen and oxygen atoms in total. The van der Waals surface area contributed by atoms with Crippen molar-refractivity contribution < 1.29 is 27.5 Å². The molecule has 210 valence electrons. The third-order valence-electron chi connectivity index (χ3n) is 5.66. The number of carbonyl (C=O) groups is 2. The summed E-state index contributed by atoms with van der Waals surface area (Å²) in [5.74, 6) is -0.579. The van der Waals surface area contributed by atoms with E-state index in [4.69, 9.17) is 0 Å². The van der Waals surface area contributed by atoms with Gasteiger partial charge in [0.05, 0.1) is 29.4 Å². The quantitative estimate of drug-likeness (QED) is 0.249. The molecule has 0 bridgehead atoms. The normalized spacial score (nSPS) is 11.5. The Kier molecular flexibility index (Phi) is 8.49. The van der Waals surface area contributed by atoms with Gasteiger partial charge in [-0.1, -0.05) is 36.5 Å². The van der Waals surface area contributed by atoms with Gasteiger partial charge in [0.15, 0.2) is 5.13 Å². The zero-order valence-electron chi connectivity index (χ0n) is 22.0. The predicted octanol–water partition coefficient (Wildman–Crippen LogP) is 5.65. The standard InChI is InChI=1S/C26H26F3N7O3S/c1-14(2)30-11-16-7-18(26(27,28)29)10-19(8-16)32-23(37)17-6-5-15(3)21(9-17)36-13-20(34-35-36)22-12-31-24(40-22)33-25(38)39-4/h5-10,12-14,30H,11H2,1-4H3,(H,32,37)(H,31,33,38). The maximum Gasteiger partial charge on any atom is 0.416 e. The van der Waals surface area contributed by atoms with Crippen LogP contribution in [0.15, 0.2) is 48.8 Å². The number of aryl methyl sites for hydroxylation is 1. The van der Waals surface area contributed by atoms with E-state index in [1.54, 1.807) is 24.4 Å². The smallest absolute Gasteiger partial charge is 0.416 e. The van der Waals surface area contributed by atoms with Crippen LogP contribution >= 0.6 is 11.3 Å². The van der Waals surface area contributed by atoms with E-state index in [1.807, 2.05) is 20.8 Å². The highest BCUT2D eigenvalue weighted by Gasteiger charge is 2.31.